The third-order valence-corrected chi connectivity index (χ3v) is 3.07. The molecule has 1 rings (SSSR count). The van der Waals surface area contributed by atoms with Crippen LogP contribution in [0.15, 0.2) is 22.7 Å². The van der Waals surface area contributed by atoms with Crippen molar-refractivity contribution in [3.63, 3.8) is 0 Å². The quantitative estimate of drug-likeness (QED) is 0.819. The lowest BCUT2D eigenvalue weighted by atomic mass is 10.1. The van der Waals surface area contributed by atoms with Crippen LogP contribution in [0.3, 0.4) is 0 Å². The molecule has 2 nitrogen and oxygen atoms in total. The van der Waals surface area contributed by atoms with Crippen LogP contribution in [0.4, 0.5) is 4.39 Å². The van der Waals surface area contributed by atoms with Crippen LogP contribution in [0.25, 0.3) is 0 Å². The molecule has 0 aromatic heterocycles. The van der Waals surface area contributed by atoms with Crippen molar-refractivity contribution in [1.29, 1.82) is 0 Å². The third-order valence-electron chi connectivity index (χ3n) is 2.57. The lowest BCUT2D eigenvalue weighted by Crippen LogP contribution is -2.28. The average Bonchev–Trinajstić information content (AvgIpc) is 2.30. The Hall–Kier alpha value is -0.450. The van der Waals surface area contributed by atoms with Crippen LogP contribution in [-0.4, -0.2) is 19.3 Å². The Morgan fingerprint density at radius 1 is 1.39 bits per heavy atom. The Labute approximate surface area is 117 Å². The molecule has 102 valence electrons. The Bertz CT molecular complexity index is 371. The molecule has 1 unspecified atom stereocenters. The molecule has 0 amide bonds. The van der Waals surface area contributed by atoms with E-state index >= 15 is 0 Å². The monoisotopic (exact) mass is 317 g/mol. The summed E-state index contributed by atoms with van der Waals surface area (Å²) in [6, 6.07) is 5.05. The van der Waals surface area contributed by atoms with E-state index in [1.54, 1.807) is 6.07 Å². The molecule has 0 radical (unpaired) electrons. The maximum absolute atomic E-state index is 13.9. The van der Waals surface area contributed by atoms with Crippen LogP contribution in [0.5, 0.6) is 0 Å². The molecule has 1 aromatic carbocycles. The zero-order valence-electron chi connectivity index (χ0n) is 11.2. The standard InChI is InChI=1S/C14H21BrFNO/c1-4-7-17-14(9-18-10(2)3)12-6-5-11(15)8-13(12)16/h5-6,8,10,14,17H,4,7,9H2,1-3H3. The fourth-order valence-corrected chi connectivity index (χ4v) is 1.98. The minimum Gasteiger partial charge on any atom is -0.377 e. The second kappa shape index (κ2) is 7.87. The highest BCUT2D eigenvalue weighted by molar-refractivity contribution is 9.10. The molecule has 18 heavy (non-hydrogen) atoms. The smallest absolute Gasteiger partial charge is 0.129 e. The number of hydrogen-bond acceptors (Lipinski definition) is 2. The van der Waals surface area contributed by atoms with Gasteiger partial charge in [-0.05, 0) is 38.9 Å². The molecular formula is C14H21BrFNO. The summed E-state index contributed by atoms with van der Waals surface area (Å²) in [5.41, 5.74) is 0.660. The van der Waals surface area contributed by atoms with E-state index in [9.17, 15) is 4.39 Å². The van der Waals surface area contributed by atoms with Crippen LogP contribution < -0.4 is 5.32 Å². The molecule has 0 fully saturated rings. The van der Waals surface area contributed by atoms with Gasteiger partial charge in [-0.1, -0.05) is 28.9 Å². The van der Waals surface area contributed by atoms with Gasteiger partial charge in [0.25, 0.3) is 0 Å². The first-order chi connectivity index (χ1) is 8.54. The second-order valence-corrected chi connectivity index (χ2v) is 5.47. The van der Waals surface area contributed by atoms with E-state index in [0.717, 1.165) is 17.4 Å². The molecule has 1 N–H and O–H groups in total. The predicted molar refractivity (Wildman–Crippen MR) is 76.2 cm³/mol. The van der Waals surface area contributed by atoms with Gasteiger partial charge in [0.1, 0.15) is 5.82 Å². The lowest BCUT2D eigenvalue weighted by molar-refractivity contribution is 0.0604. The molecular weight excluding hydrogens is 297 g/mol. The van der Waals surface area contributed by atoms with Crippen molar-refractivity contribution >= 4 is 15.9 Å². The van der Waals surface area contributed by atoms with Crippen molar-refractivity contribution in [2.45, 2.75) is 39.3 Å². The minimum absolute atomic E-state index is 0.0968. The van der Waals surface area contributed by atoms with Crippen molar-refractivity contribution in [3.05, 3.63) is 34.1 Å². The topological polar surface area (TPSA) is 21.3 Å². The highest BCUT2D eigenvalue weighted by Crippen LogP contribution is 2.22. The van der Waals surface area contributed by atoms with E-state index in [-0.39, 0.29) is 18.0 Å². The summed E-state index contributed by atoms with van der Waals surface area (Å²) in [7, 11) is 0. The minimum atomic E-state index is -0.203. The Morgan fingerprint density at radius 3 is 2.67 bits per heavy atom. The average molecular weight is 318 g/mol. The number of rotatable bonds is 7. The predicted octanol–water partition coefficient (Wildman–Crippen LogP) is 4.05. The molecule has 1 atom stereocenters. The van der Waals surface area contributed by atoms with Gasteiger partial charge in [-0.2, -0.15) is 0 Å². The van der Waals surface area contributed by atoms with Crippen LogP contribution in [0.2, 0.25) is 0 Å². The SMILES string of the molecule is CCCNC(COC(C)C)c1ccc(Br)cc1F. The summed E-state index contributed by atoms with van der Waals surface area (Å²) in [5.74, 6) is -0.203. The van der Waals surface area contributed by atoms with E-state index in [4.69, 9.17) is 4.74 Å². The van der Waals surface area contributed by atoms with Crippen LogP contribution in [-0.2, 0) is 4.74 Å². The largest absolute Gasteiger partial charge is 0.377 e. The van der Waals surface area contributed by atoms with Crippen molar-refractivity contribution in [2.24, 2.45) is 0 Å². The second-order valence-electron chi connectivity index (χ2n) is 4.55. The Morgan fingerprint density at radius 2 is 2.11 bits per heavy atom. The van der Waals surface area contributed by atoms with Gasteiger partial charge in [-0.15, -0.1) is 0 Å². The van der Waals surface area contributed by atoms with Gasteiger partial charge in [-0.25, -0.2) is 4.39 Å². The highest BCUT2D eigenvalue weighted by Gasteiger charge is 2.16. The summed E-state index contributed by atoms with van der Waals surface area (Å²) in [6.07, 6.45) is 1.16. The van der Waals surface area contributed by atoms with Gasteiger partial charge in [0, 0.05) is 10.0 Å². The van der Waals surface area contributed by atoms with Gasteiger partial charge in [0.2, 0.25) is 0 Å². The Balaban J connectivity index is 2.79. The van der Waals surface area contributed by atoms with Gasteiger partial charge in [0.15, 0.2) is 0 Å². The van der Waals surface area contributed by atoms with Crippen molar-refractivity contribution < 1.29 is 9.13 Å². The molecule has 0 heterocycles. The van der Waals surface area contributed by atoms with Crippen LogP contribution in [0.1, 0.15) is 38.8 Å². The summed E-state index contributed by atoms with van der Waals surface area (Å²) < 4.78 is 20.3. The van der Waals surface area contributed by atoms with Gasteiger partial charge in [0.05, 0.1) is 18.8 Å². The van der Waals surface area contributed by atoms with E-state index in [0.29, 0.717) is 12.2 Å². The molecule has 0 aliphatic rings. The molecule has 4 heteroatoms. The van der Waals surface area contributed by atoms with Gasteiger partial charge >= 0.3 is 0 Å². The molecule has 0 aliphatic heterocycles. The van der Waals surface area contributed by atoms with Crippen molar-refractivity contribution in [1.82, 2.24) is 5.32 Å². The summed E-state index contributed by atoms with van der Waals surface area (Å²) in [4.78, 5) is 0. The zero-order chi connectivity index (χ0) is 13.5. The molecule has 1 aromatic rings. The molecule has 0 saturated heterocycles. The fraction of sp³-hybridized carbons (Fsp3) is 0.571. The fourth-order valence-electron chi connectivity index (χ4n) is 1.65. The lowest BCUT2D eigenvalue weighted by Gasteiger charge is -2.21. The molecule has 0 bridgehead atoms. The number of halogens is 2. The first-order valence-corrected chi connectivity index (χ1v) is 7.13. The van der Waals surface area contributed by atoms with Gasteiger partial charge < -0.3 is 10.1 Å². The van der Waals surface area contributed by atoms with Crippen molar-refractivity contribution in [3.8, 4) is 0 Å². The summed E-state index contributed by atoms with van der Waals surface area (Å²) >= 11 is 3.27. The third kappa shape index (κ3) is 5.04. The van der Waals surface area contributed by atoms with Gasteiger partial charge in [-0.3, -0.25) is 0 Å². The van der Waals surface area contributed by atoms with Crippen LogP contribution >= 0.6 is 15.9 Å². The maximum Gasteiger partial charge on any atom is 0.129 e. The molecule has 0 aliphatic carbocycles. The number of nitrogens with one attached hydrogen (secondary N) is 1. The van der Waals surface area contributed by atoms with E-state index in [2.05, 4.69) is 28.2 Å². The zero-order valence-corrected chi connectivity index (χ0v) is 12.8. The van der Waals surface area contributed by atoms with E-state index in [1.807, 2.05) is 19.9 Å². The maximum atomic E-state index is 13.9. The number of ether oxygens (including phenoxy) is 1. The summed E-state index contributed by atoms with van der Waals surface area (Å²) in [6.45, 7) is 7.38. The molecule has 0 saturated carbocycles. The number of hydrogen-bond donors (Lipinski definition) is 1. The highest BCUT2D eigenvalue weighted by atomic mass is 79.9. The molecule has 0 spiro atoms. The Kier molecular flexibility index (Phi) is 6.82. The van der Waals surface area contributed by atoms with Crippen molar-refractivity contribution in [2.75, 3.05) is 13.2 Å². The van der Waals surface area contributed by atoms with Crippen LogP contribution in [0, 0.1) is 5.82 Å². The van der Waals surface area contributed by atoms with E-state index < -0.39 is 0 Å². The van der Waals surface area contributed by atoms with E-state index in [1.165, 1.54) is 6.07 Å². The normalized spacial score (nSPS) is 13.0. The first-order valence-electron chi connectivity index (χ1n) is 6.34. The number of benzene rings is 1. The first kappa shape index (κ1) is 15.6. The summed E-state index contributed by atoms with van der Waals surface area (Å²) in [5, 5.41) is 3.32.